The van der Waals surface area contributed by atoms with Crippen molar-refractivity contribution in [3.05, 3.63) is 20.8 Å². The molecule has 1 aromatic heterocycles. The second-order valence-electron chi connectivity index (χ2n) is 4.73. The molecule has 3 heteroatoms. The zero-order chi connectivity index (χ0) is 10.9. The van der Waals surface area contributed by atoms with Crippen molar-refractivity contribution in [2.45, 2.75) is 34.1 Å². The van der Waals surface area contributed by atoms with Crippen LogP contribution in [0.4, 0.5) is 0 Å². The van der Waals surface area contributed by atoms with Gasteiger partial charge in [-0.1, -0.05) is 32.4 Å². The van der Waals surface area contributed by atoms with Crippen LogP contribution in [-0.4, -0.2) is 5.78 Å². The summed E-state index contributed by atoms with van der Waals surface area (Å²) in [5.74, 6) is 0.192. The molecule has 0 aromatic carbocycles. The fraction of sp³-hybridized carbons (Fsp3) is 0.545. The molecule has 0 saturated carbocycles. The lowest BCUT2D eigenvalue weighted by molar-refractivity contribution is 0.0944. The van der Waals surface area contributed by atoms with Crippen LogP contribution < -0.4 is 0 Å². The van der Waals surface area contributed by atoms with E-state index in [1.807, 2.05) is 13.0 Å². The zero-order valence-electron chi connectivity index (χ0n) is 8.98. The van der Waals surface area contributed by atoms with Gasteiger partial charge in [0.1, 0.15) is 0 Å². The molecular formula is C11H15ClOS. The van der Waals surface area contributed by atoms with Gasteiger partial charge in [-0.05, 0) is 24.0 Å². The molecule has 1 heterocycles. The number of ketones is 1. The van der Waals surface area contributed by atoms with E-state index in [1.54, 1.807) is 0 Å². The first kappa shape index (κ1) is 11.7. The molecule has 0 N–H and O–H groups in total. The van der Waals surface area contributed by atoms with Crippen molar-refractivity contribution in [3.63, 3.8) is 0 Å². The highest BCUT2D eigenvalue weighted by Crippen LogP contribution is 2.30. The van der Waals surface area contributed by atoms with Crippen LogP contribution in [0.2, 0.25) is 4.34 Å². The Morgan fingerprint density at radius 1 is 1.50 bits per heavy atom. The summed E-state index contributed by atoms with van der Waals surface area (Å²) in [5.41, 5.74) is 1.04. The summed E-state index contributed by atoms with van der Waals surface area (Å²) >= 11 is 7.29. The summed E-state index contributed by atoms with van der Waals surface area (Å²) in [6, 6.07) is 1.88. The maximum absolute atomic E-state index is 11.8. The Morgan fingerprint density at radius 2 is 2.07 bits per heavy atom. The summed E-state index contributed by atoms with van der Waals surface area (Å²) in [5, 5.41) is 0. The van der Waals surface area contributed by atoms with E-state index in [0.29, 0.717) is 6.42 Å². The van der Waals surface area contributed by atoms with E-state index in [4.69, 9.17) is 11.6 Å². The lowest BCUT2D eigenvalue weighted by Crippen LogP contribution is -2.11. The van der Waals surface area contributed by atoms with E-state index >= 15 is 0 Å². The first-order chi connectivity index (χ1) is 6.29. The van der Waals surface area contributed by atoms with Gasteiger partial charge < -0.3 is 0 Å². The molecule has 0 spiro atoms. The number of carbonyl (C=O) groups excluding carboxylic acids is 1. The maximum atomic E-state index is 11.8. The van der Waals surface area contributed by atoms with Crippen molar-refractivity contribution in [2.24, 2.45) is 5.41 Å². The van der Waals surface area contributed by atoms with Gasteiger partial charge in [0.05, 0.1) is 9.21 Å². The van der Waals surface area contributed by atoms with Gasteiger partial charge in [0.15, 0.2) is 5.78 Å². The monoisotopic (exact) mass is 230 g/mol. The van der Waals surface area contributed by atoms with Crippen LogP contribution in [0.5, 0.6) is 0 Å². The Bertz CT molecular complexity index is 327. The first-order valence-electron chi connectivity index (χ1n) is 4.59. The number of rotatable bonds is 2. The zero-order valence-corrected chi connectivity index (χ0v) is 10.6. The second-order valence-corrected chi connectivity index (χ2v) is 6.38. The number of Topliss-reactive ketones (excluding diaryl/α,β-unsaturated/α-hetero) is 1. The predicted molar refractivity (Wildman–Crippen MR) is 62.5 cm³/mol. The van der Waals surface area contributed by atoms with Crippen LogP contribution in [0.3, 0.4) is 0 Å². The van der Waals surface area contributed by atoms with Crippen molar-refractivity contribution in [2.75, 3.05) is 0 Å². The minimum Gasteiger partial charge on any atom is -0.293 e. The molecule has 0 radical (unpaired) electrons. The van der Waals surface area contributed by atoms with Crippen molar-refractivity contribution < 1.29 is 4.79 Å². The largest absolute Gasteiger partial charge is 0.293 e. The molecule has 1 nitrogen and oxygen atoms in total. The summed E-state index contributed by atoms with van der Waals surface area (Å²) in [4.78, 5) is 12.6. The Balaban J connectivity index is 2.80. The molecule has 0 bridgehead atoms. The molecule has 0 aliphatic heterocycles. The number of aryl methyl sites for hydroxylation is 1. The average Bonchev–Trinajstić information content (AvgIpc) is 2.28. The molecule has 0 saturated heterocycles. The summed E-state index contributed by atoms with van der Waals surface area (Å²) in [6.07, 6.45) is 0.573. The van der Waals surface area contributed by atoms with E-state index < -0.39 is 0 Å². The number of halogens is 1. The van der Waals surface area contributed by atoms with Crippen molar-refractivity contribution in [1.82, 2.24) is 0 Å². The molecule has 0 unspecified atom stereocenters. The normalized spacial score (nSPS) is 11.8. The van der Waals surface area contributed by atoms with Gasteiger partial charge in [0, 0.05) is 6.42 Å². The molecule has 0 atom stereocenters. The van der Waals surface area contributed by atoms with Crippen LogP contribution in [0.15, 0.2) is 6.07 Å². The van der Waals surface area contributed by atoms with E-state index in [1.165, 1.54) is 11.3 Å². The molecule has 1 aromatic rings. The summed E-state index contributed by atoms with van der Waals surface area (Å²) in [7, 11) is 0. The molecule has 14 heavy (non-hydrogen) atoms. The Morgan fingerprint density at radius 3 is 2.43 bits per heavy atom. The van der Waals surface area contributed by atoms with Gasteiger partial charge in [-0.25, -0.2) is 0 Å². The Hall–Kier alpha value is -0.340. The van der Waals surface area contributed by atoms with Crippen molar-refractivity contribution in [3.8, 4) is 0 Å². The van der Waals surface area contributed by atoms with E-state index in [0.717, 1.165) is 14.8 Å². The molecule has 0 fully saturated rings. The molecular weight excluding hydrogens is 216 g/mol. The third kappa shape index (κ3) is 3.10. The third-order valence-corrected chi connectivity index (χ3v) is 3.42. The fourth-order valence-electron chi connectivity index (χ4n) is 1.17. The number of thiophene rings is 1. The number of hydrogen-bond acceptors (Lipinski definition) is 2. The molecule has 78 valence electrons. The minimum absolute atomic E-state index is 0.0431. The van der Waals surface area contributed by atoms with Crippen molar-refractivity contribution >= 4 is 28.7 Å². The smallest absolute Gasteiger partial charge is 0.173 e. The topological polar surface area (TPSA) is 17.1 Å². The highest BCUT2D eigenvalue weighted by atomic mass is 35.5. The van der Waals surface area contributed by atoms with Crippen LogP contribution in [0, 0.1) is 12.3 Å². The van der Waals surface area contributed by atoms with Gasteiger partial charge in [0.2, 0.25) is 0 Å². The lowest BCUT2D eigenvalue weighted by Gasteiger charge is -2.15. The summed E-state index contributed by atoms with van der Waals surface area (Å²) in [6.45, 7) is 8.11. The first-order valence-corrected chi connectivity index (χ1v) is 5.78. The Labute approximate surface area is 94.1 Å². The van der Waals surface area contributed by atoms with Gasteiger partial charge >= 0.3 is 0 Å². The van der Waals surface area contributed by atoms with E-state index in [9.17, 15) is 4.79 Å². The highest BCUT2D eigenvalue weighted by Gasteiger charge is 2.19. The standard InChI is InChI=1S/C11H15ClOS/c1-7-5-9(14-10(7)12)8(13)6-11(2,3)4/h5H,6H2,1-4H3. The van der Waals surface area contributed by atoms with E-state index in [2.05, 4.69) is 20.8 Å². The predicted octanol–water partition coefficient (Wildman–Crippen LogP) is 4.33. The fourth-order valence-corrected chi connectivity index (χ4v) is 2.30. The average molecular weight is 231 g/mol. The highest BCUT2D eigenvalue weighted by molar-refractivity contribution is 7.18. The third-order valence-electron chi connectivity index (χ3n) is 1.82. The van der Waals surface area contributed by atoms with Crippen LogP contribution >= 0.6 is 22.9 Å². The van der Waals surface area contributed by atoms with Gasteiger partial charge in [-0.15, -0.1) is 11.3 Å². The lowest BCUT2D eigenvalue weighted by atomic mass is 9.89. The maximum Gasteiger partial charge on any atom is 0.173 e. The molecule has 0 amide bonds. The molecule has 1 rings (SSSR count). The van der Waals surface area contributed by atoms with Crippen molar-refractivity contribution in [1.29, 1.82) is 0 Å². The second kappa shape index (κ2) is 4.03. The Kier molecular flexibility index (Phi) is 3.38. The van der Waals surface area contributed by atoms with Crippen LogP contribution in [0.1, 0.15) is 42.4 Å². The van der Waals surface area contributed by atoms with Gasteiger partial charge in [-0.2, -0.15) is 0 Å². The number of carbonyl (C=O) groups is 1. The summed E-state index contributed by atoms with van der Waals surface area (Å²) < 4.78 is 0.724. The van der Waals surface area contributed by atoms with E-state index in [-0.39, 0.29) is 11.2 Å². The number of hydrogen-bond donors (Lipinski definition) is 0. The minimum atomic E-state index is 0.0431. The molecule has 0 aliphatic carbocycles. The van der Waals surface area contributed by atoms with Gasteiger partial charge in [-0.3, -0.25) is 4.79 Å². The van der Waals surface area contributed by atoms with Crippen LogP contribution in [0.25, 0.3) is 0 Å². The SMILES string of the molecule is Cc1cc(C(=O)CC(C)(C)C)sc1Cl. The molecule has 0 aliphatic rings. The van der Waals surface area contributed by atoms with Crippen LogP contribution in [-0.2, 0) is 0 Å². The quantitative estimate of drug-likeness (QED) is 0.692. The van der Waals surface area contributed by atoms with Gasteiger partial charge in [0.25, 0.3) is 0 Å².